The van der Waals surface area contributed by atoms with Crippen molar-refractivity contribution in [1.82, 2.24) is 5.32 Å². The van der Waals surface area contributed by atoms with E-state index in [1.54, 1.807) is 0 Å². The fourth-order valence-electron chi connectivity index (χ4n) is 3.54. The number of carbonyl (C=O) groups excluding carboxylic acids is 1. The third-order valence-electron chi connectivity index (χ3n) is 5.12. The molecule has 0 spiro atoms. The first-order valence-corrected chi connectivity index (χ1v) is 10.4. The van der Waals surface area contributed by atoms with Crippen LogP contribution in [0.4, 0.5) is 0 Å². The van der Waals surface area contributed by atoms with Gasteiger partial charge in [0.15, 0.2) is 0 Å². The van der Waals surface area contributed by atoms with Gasteiger partial charge in [0.2, 0.25) is 0 Å². The molecule has 31 heavy (non-hydrogen) atoms. The van der Waals surface area contributed by atoms with Crippen molar-refractivity contribution < 1.29 is 4.79 Å². The number of hydrogen-bond acceptors (Lipinski definition) is 2. The van der Waals surface area contributed by atoms with Gasteiger partial charge in [-0.2, -0.15) is 0 Å². The highest BCUT2D eigenvalue weighted by molar-refractivity contribution is 5.94. The predicted molar refractivity (Wildman–Crippen MR) is 126 cm³/mol. The summed E-state index contributed by atoms with van der Waals surface area (Å²) in [5, 5.41) is 3.23. The van der Waals surface area contributed by atoms with Crippen LogP contribution in [0.1, 0.15) is 39.1 Å². The number of amides is 1. The summed E-state index contributed by atoms with van der Waals surface area (Å²) in [5.41, 5.74) is 3.69. The van der Waals surface area contributed by atoms with Crippen LogP contribution < -0.4 is 5.32 Å². The van der Waals surface area contributed by atoms with E-state index in [2.05, 4.69) is 17.4 Å². The summed E-state index contributed by atoms with van der Waals surface area (Å²) in [7, 11) is 0. The molecule has 0 radical (unpaired) electrons. The van der Waals surface area contributed by atoms with Gasteiger partial charge in [-0.3, -0.25) is 9.79 Å². The second kappa shape index (κ2) is 10.2. The van der Waals surface area contributed by atoms with E-state index in [1.165, 1.54) is 0 Å². The number of nitrogens with one attached hydrogen (secondary N) is 1. The van der Waals surface area contributed by atoms with Crippen molar-refractivity contribution in [3.63, 3.8) is 0 Å². The van der Waals surface area contributed by atoms with E-state index in [-0.39, 0.29) is 18.0 Å². The fourth-order valence-corrected chi connectivity index (χ4v) is 3.54. The van der Waals surface area contributed by atoms with Crippen molar-refractivity contribution in [2.45, 2.75) is 12.1 Å². The SMILES string of the molecule is O=C(NC(c1ccccc1)C(N=Cc1ccccc1)c1ccccc1)c1ccccc1. The van der Waals surface area contributed by atoms with E-state index >= 15 is 0 Å². The minimum atomic E-state index is -0.323. The Kier molecular flexibility index (Phi) is 6.66. The monoisotopic (exact) mass is 404 g/mol. The third-order valence-corrected chi connectivity index (χ3v) is 5.12. The van der Waals surface area contributed by atoms with E-state index < -0.39 is 0 Å². The second-order valence-corrected chi connectivity index (χ2v) is 7.27. The van der Waals surface area contributed by atoms with Crippen LogP contribution in [0.2, 0.25) is 0 Å². The van der Waals surface area contributed by atoms with Crippen LogP contribution in [0.15, 0.2) is 126 Å². The highest BCUT2D eigenvalue weighted by Gasteiger charge is 2.26. The molecule has 1 N–H and O–H groups in total. The molecule has 0 aliphatic rings. The van der Waals surface area contributed by atoms with Crippen LogP contribution in [-0.2, 0) is 0 Å². The van der Waals surface area contributed by atoms with Gasteiger partial charge in [-0.1, -0.05) is 109 Å². The molecule has 3 heteroatoms. The summed E-state index contributed by atoms with van der Waals surface area (Å²) >= 11 is 0. The Balaban J connectivity index is 1.74. The third kappa shape index (κ3) is 5.34. The minimum Gasteiger partial charge on any atom is -0.343 e. The lowest BCUT2D eigenvalue weighted by atomic mass is 9.93. The van der Waals surface area contributed by atoms with Crippen molar-refractivity contribution >= 4 is 12.1 Å². The highest BCUT2D eigenvalue weighted by atomic mass is 16.1. The molecule has 0 bridgehead atoms. The molecule has 0 heterocycles. The van der Waals surface area contributed by atoms with E-state index in [0.717, 1.165) is 16.7 Å². The Morgan fingerprint density at radius 2 is 1.13 bits per heavy atom. The van der Waals surface area contributed by atoms with Crippen LogP contribution >= 0.6 is 0 Å². The van der Waals surface area contributed by atoms with Gasteiger partial charge >= 0.3 is 0 Å². The largest absolute Gasteiger partial charge is 0.343 e. The number of hydrogen-bond donors (Lipinski definition) is 1. The molecule has 4 aromatic carbocycles. The Morgan fingerprint density at radius 3 is 1.71 bits per heavy atom. The summed E-state index contributed by atoms with van der Waals surface area (Å²) in [6.45, 7) is 0. The van der Waals surface area contributed by atoms with Crippen molar-refractivity contribution in [3.8, 4) is 0 Å². The maximum absolute atomic E-state index is 13.1. The maximum atomic E-state index is 13.1. The van der Waals surface area contributed by atoms with Crippen LogP contribution in [-0.4, -0.2) is 12.1 Å². The number of nitrogens with zero attached hydrogens (tertiary/aromatic N) is 1. The van der Waals surface area contributed by atoms with E-state index in [0.29, 0.717) is 5.56 Å². The topological polar surface area (TPSA) is 41.5 Å². The van der Waals surface area contributed by atoms with E-state index in [4.69, 9.17) is 4.99 Å². The molecule has 4 aromatic rings. The molecule has 0 saturated heterocycles. The molecule has 4 rings (SSSR count). The molecule has 3 nitrogen and oxygen atoms in total. The zero-order valence-electron chi connectivity index (χ0n) is 17.1. The first kappa shape index (κ1) is 20.3. The lowest BCUT2D eigenvalue weighted by molar-refractivity contribution is 0.0930. The molecule has 0 saturated carbocycles. The van der Waals surface area contributed by atoms with Crippen molar-refractivity contribution in [2.24, 2.45) is 4.99 Å². The number of aliphatic imine (C=N–C) groups is 1. The molecule has 0 aliphatic carbocycles. The van der Waals surface area contributed by atoms with E-state index in [1.807, 2.05) is 115 Å². The van der Waals surface area contributed by atoms with Crippen LogP contribution in [0.25, 0.3) is 0 Å². The van der Waals surface area contributed by atoms with E-state index in [9.17, 15) is 4.79 Å². The van der Waals surface area contributed by atoms with Crippen LogP contribution in [0.3, 0.4) is 0 Å². The standard InChI is InChI=1S/C28H24N2O/c31-28(25-19-11-4-12-20-25)30-27(24-17-9-3-10-18-24)26(23-15-7-2-8-16-23)29-21-22-13-5-1-6-14-22/h1-21,26-27H,(H,30,31). The molecule has 0 aromatic heterocycles. The van der Waals surface area contributed by atoms with Gasteiger partial charge in [-0.05, 0) is 28.8 Å². The summed E-state index contributed by atoms with van der Waals surface area (Å²) in [6, 6.07) is 38.8. The summed E-state index contributed by atoms with van der Waals surface area (Å²) in [6.07, 6.45) is 1.88. The summed E-state index contributed by atoms with van der Waals surface area (Å²) in [5.74, 6) is -0.120. The lowest BCUT2D eigenvalue weighted by Crippen LogP contribution is -2.32. The van der Waals surface area contributed by atoms with Gasteiger partial charge in [0.1, 0.15) is 0 Å². The molecule has 2 unspecified atom stereocenters. The van der Waals surface area contributed by atoms with Gasteiger partial charge < -0.3 is 5.32 Å². The van der Waals surface area contributed by atoms with Gasteiger partial charge in [-0.25, -0.2) is 0 Å². The molecule has 2 atom stereocenters. The van der Waals surface area contributed by atoms with Gasteiger partial charge in [0.05, 0.1) is 12.1 Å². The molecule has 0 fully saturated rings. The normalized spacial score (nSPS) is 12.9. The summed E-state index contributed by atoms with van der Waals surface area (Å²) in [4.78, 5) is 18.0. The smallest absolute Gasteiger partial charge is 0.251 e. The average molecular weight is 405 g/mol. The van der Waals surface area contributed by atoms with Crippen LogP contribution in [0, 0.1) is 0 Å². The zero-order valence-corrected chi connectivity index (χ0v) is 17.1. The van der Waals surface area contributed by atoms with Gasteiger partial charge in [0.25, 0.3) is 5.91 Å². The minimum absolute atomic E-state index is 0.120. The van der Waals surface area contributed by atoms with Crippen molar-refractivity contribution in [3.05, 3.63) is 144 Å². The average Bonchev–Trinajstić information content (AvgIpc) is 2.86. The Hall–Kier alpha value is -3.98. The predicted octanol–water partition coefficient (Wildman–Crippen LogP) is 6.02. The lowest BCUT2D eigenvalue weighted by Gasteiger charge is -2.26. The maximum Gasteiger partial charge on any atom is 0.251 e. The molecular formula is C28H24N2O. The van der Waals surface area contributed by atoms with Crippen LogP contribution in [0.5, 0.6) is 0 Å². The quantitative estimate of drug-likeness (QED) is 0.376. The molecular weight excluding hydrogens is 380 g/mol. The molecule has 1 amide bonds. The zero-order chi connectivity index (χ0) is 21.3. The summed E-state index contributed by atoms with van der Waals surface area (Å²) < 4.78 is 0. The first-order chi connectivity index (χ1) is 15.3. The number of carbonyl (C=O) groups is 1. The molecule has 152 valence electrons. The van der Waals surface area contributed by atoms with Gasteiger partial charge in [0, 0.05) is 11.8 Å². The molecule has 0 aliphatic heterocycles. The highest BCUT2D eigenvalue weighted by Crippen LogP contribution is 2.32. The van der Waals surface area contributed by atoms with Gasteiger partial charge in [-0.15, -0.1) is 0 Å². The Morgan fingerprint density at radius 1 is 0.645 bits per heavy atom. The number of benzene rings is 4. The first-order valence-electron chi connectivity index (χ1n) is 10.4. The van der Waals surface area contributed by atoms with Crippen molar-refractivity contribution in [1.29, 1.82) is 0 Å². The Bertz CT molecular complexity index is 1110. The second-order valence-electron chi connectivity index (χ2n) is 7.27. The fraction of sp³-hybridized carbons (Fsp3) is 0.0714. The van der Waals surface area contributed by atoms with Crippen molar-refractivity contribution in [2.75, 3.05) is 0 Å². The Labute approximate surface area is 183 Å². The number of rotatable bonds is 7.